The molecule has 108 valence electrons. The van der Waals surface area contributed by atoms with Gasteiger partial charge in [0.25, 0.3) is 0 Å². The molecule has 3 rings (SSSR count). The molecule has 21 heavy (non-hydrogen) atoms. The number of benzene rings is 2. The Balaban J connectivity index is 1.71. The minimum Gasteiger partial charge on any atom is -0.493 e. The van der Waals surface area contributed by atoms with Crippen molar-refractivity contribution < 1.29 is 4.74 Å². The molecule has 2 aromatic rings. The Hall–Kier alpha value is -2.07. The molecule has 0 radical (unpaired) electrons. The Morgan fingerprint density at radius 3 is 2.81 bits per heavy atom. The van der Waals surface area contributed by atoms with Crippen molar-refractivity contribution in [2.75, 3.05) is 11.9 Å². The first kappa shape index (κ1) is 13.9. The minimum absolute atomic E-state index is 0.192. The molecular formula is C17H18N2OS. The summed E-state index contributed by atoms with van der Waals surface area (Å²) >= 11 is 5.42. The maximum Gasteiger partial charge on any atom is 0.171 e. The molecule has 0 saturated heterocycles. The van der Waals surface area contributed by atoms with Gasteiger partial charge in [-0.05, 0) is 37.3 Å². The van der Waals surface area contributed by atoms with Crippen LogP contribution in [0.25, 0.3) is 0 Å². The van der Waals surface area contributed by atoms with Crippen LogP contribution in [0.15, 0.2) is 48.5 Å². The summed E-state index contributed by atoms with van der Waals surface area (Å²) in [5, 5.41) is 7.24. The average molecular weight is 298 g/mol. The molecule has 1 atom stereocenters. The van der Waals surface area contributed by atoms with E-state index in [4.69, 9.17) is 17.0 Å². The molecule has 0 amide bonds. The largest absolute Gasteiger partial charge is 0.493 e. The number of hydrogen-bond acceptors (Lipinski definition) is 2. The van der Waals surface area contributed by atoms with Gasteiger partial charge in [-0.15, -0.1) is 0 Å². The third-order valence-electron chi connectivity index (χ3n) is 3.54. The molecule has 0 fully saturated rings. The number of fused-ring (bicyclic) bond motifs is 1. The fourth-order valence-electron chi connectivity index (χ4n) is 2.51. The molecule has 2 aromatic carbocycles. The summed E-state index contributed by atoms with van der Waals surface area (Å²) < 4.78 is 5.70. The highest BCUT2D eigenvalue weighted by Crippen LogP contribution is 2.32. The van der Waals surface area contributed by atoms with Gasteiger partial charge in [-0.3, -0.25) is 0 Å². The monoisotopic (exact) mass is 298 g/mol. The molecular weight excluding hydrogens is 280 g/mol. The third-order valence-corrected chi connectivity index (χ3v) is 3.76. The first-order valence-electron chi connectivity index (χ1n) is 7.08. The zero-order chi connectivity index (χ0) is 14.7. The second kappa shape index (κ2) is 6.14. The van der Waals surface area contributed by atoms with E-state index in [0.29, 0.717) is 11.7 Å². The quantitative estimate of drug-likeness (QED) is 0.826. The number of nitrogens with one attached hydrogen (secondary N) is 2. The fourth-order valence-corrected chi connectivity index (χ4v) is 2.77. The first-order valence-corrected chi connectivity index (χ1v) is 7.49. The van der Waals surface area contributed by atoms with E-state index in [9.17, 15) is 0 Å². The van der Waals surface area contributed by atoms with Gasteiger partial charge >= 0.3 is 0 Å². The summed E-state index contributed by atoms with van der Waals surface area (Å²) in [6.07, 6.45) is 0.910. The van der Waals surface area contributed by atoms with E-state index in [2.05, 4.69) is 29.7 Å². The van der Waals surface area contributed by atoms with E-state index in [1.54, 1.807) is 0 Å². The van der Waals surface area contributed by atoms with Crippen LogP contribution in [0.2, 0.25) is 0 Å². The van der Waals surface area contributed by atoms with Gasteiger partial charge in [-0.25, -0.2) is 0 Å². The Labute approximate surface area is 130 Å². The molecule has 0 aliphatic carbocycles. The maximum atomic E-state index is 5.70. The van der Waals surface area contributed by atoms with Crippen LogP contribution in [0.4, 0.5) is 5.69 Å². The molecule has 0 aromatic heterocycles. The Kier molecular flexibility index (Phi) is 4.06. The molecule has 1 aliphatic rings. The second-order valence-electron chi connectivity index (χ2n) is 5.20. The predicted octanol–water partition coefficient (Wildman–Crippen LogP) is 3.81. The number of para-hydroxylation sites is 1. The average Bonchev–Trinajstić information content (AvgIpc) is 2.49. The number of rotatable bonds is 2. The molecule has 0 saturated carbocycles. The lowest BCUT2D eigenvalue weighted by atomic mass is 9.99. The van der Waals surface area contributed by atoms with Crippen LogP contribution in [0.1, 0.15) is 23.6 Å². The highest BCUT2D eigenvalue weighted by molar-refractivity contribution is 7.80. The van der Waals surface area contributed by atoms with Gasteiger partial charge in [0.1, 0.15) is 5.75 Å². The van der Waals surface area contributed by atoms with Crippen LogP contribution in [0.3, 0.4) is 0 Å². The van der Waals surface area contributed by atoms with Crippen molar-refractivity contribution in [3.05, 3.63) is 59.7 Å². The van der Waals surface area contributed by atoms with Gasteiger partial charge in [0.05, 0.1) is 12.6 Å². The lowest BCUT2D eigenvalue weighted by Gasteiger charge is -2.28. The van der Waals surface area contributed by atoms with Crippen LogP contribution in [-0.2, 0) is 0 Å². The van der Waals surface area contributed by atoms with Crippen LogP contribution < -0.4 is 15.4 Å². The van der Waals surface area contributed by atoms with E-state index < -0.39 is 0 Å². The second-order valence-corrected chi connectivity index (χ2v) is 5.60. The molecule has 1 unspecified atom stereocenters. The topological polar surface area (TPSA) is 33.3 Å². The van der Waals surface area contributed by atoms with E-state index in [1.165, 1.54) is 11.1 Å². The zero-order valence-electron chi connectivity index (χ0n) is 11.9. The summed E-state index contributed by atoms with van der Waals surface area (Å²) in [5.74, 6) is 0.951. The van der Waals surface area contributed by atoms with Crippen molar-refractivity contribution in [3.8, 4) is 5.75 Å². The Morgan fingerprint density at radius 2 is 2.00 bits per heavy atom. The first-order chi connectivity index (χ1) is 10.2. The summed E-state index contributed by atoms with van der Waals surface area (Å²) in [5.41, 5.74) is 3.40. The molecule has 3 nitrogen and oxygen atoms in total. The lowest BCUT2D eigenvalue weighted by molar-refractivity contribution is 0.262. The van der Waals surface area contributed by atoms with Crippen molar-refractivity contribution in [2.24, 2.45) is 0 Å². The summed E-state index contributed by atoms with van der Waals surface area (Å²) in [6, 6.07) is 16.4. The minimum atomic E-state index is 0.192. The van der Waals surface area contributed by atoms with Crippen LogP contribution >= 0.6 is 12.2 Å². The highest BCUT2D eigenvalue weighted by Gasteiger charge is 2.22. The van der Waals surface area contributed by atoms with Crippen LogP contribution in [0.5, 0.6) is 5.75 Å². The number of aryl methyl sites for hydroxylation is 1. The van der Waals surface area contributed by atoms with Crippen molar-refractivity contribution in [3.63, 3.8) is 0 Å². The molecule has 4 heteroatoms. The Bertz CT molecular complexity index is 642. The van der Waals surface area contributed by atoms with Gasteiger partial charge in [0.15, 0.2) is 5.11 Å². The van der Waals surface area contributed by atoms with Gasteiger partial charge in [0, 0.05) is 17.7 Å². The van der Waals surface area contributed by atoms with Gasteiger partial charge < -0.3 is 15.4 Å². The fraction of sp³-hybridized carbons (Fsp3) is 0.235. The normalized spacial score (nSPS) is 16.5. The number of thiocarbonyl (C=S) groups is 1. The van der Waals surface area contributed by atoms with E-state index in [-0.39, 0.29) is 6.04 Å². The Morgan fingerprint density at radius 1 is 1.19 bits per heavy atom. The molecule has 1 heterocycles. The van der Waals surface area contributed by atoms with Gasteiger partial charge in [-0.2, -0.15) is 0 Å². The SMILES string of the molecule is Cc1ccc2c(c1)C(NC(=S)Nc1ccccc1)CCO2. The predicted molar refractivity (Wildman–Crippen MR) is 89.8 cm³/mol. The van der Waals surface area contributed by atoms with Gasteiger partial charge in [0.2, 0.25) is 0 Å². The lowest BCUT2D eigenvalue weighted by Crippen LogP contribution is -2.35. The van der Waals surface area contributed by atoms with E-state index >= 15 is 0 Å². The standard InChI is InChI=1S/C17H18N2OS/c1-12-7-8-16-14(11-12)15(9-10-20-16)19-17(21)18-13-5-3-2-4-6-13/h2-8,11,15H,9-10H2,1H3,(H2,18,19,21). The highest BCUT2D eigenvalue weighted by atomic mass is 32.1. The zero-order valence-corrected chi connectivity index (χ0v) is 12.7. The number of anilines is 1. The maximum absolute atomic E-state index is 5.70. The number of hydrogen-bond donors (Lipinski definition) is 2. The van der Waals surface area contributed by atoms with E-state index in [0.717, 1.165) is 17.9 Å². The van der Waals surface area contributed by atoms with Crippen LogP contribution in [-0.4, -0.2) is 11.7 Å². The third kappa shape index (κ3) is 3.34. The van der Waals surface area contributed by atoms with E-state index in [1.807, 2.05) is 36.4 Å². The molecule has 0 bridgehead atoms. The van der Waals surface area contributed by atoms with Crippen molar-refractivity contribution in [1.82, 2.24) is 5.32 Å². The molecule has 1 aliphatic heterocycles. The van der Waals surface area contributed by atoms with Gasteiger partial charge in [-0.1, -0.05) is 35.9 Å². The summed E-state index contributed by atoms with van der Waals surface area (Å²) in [7, 11) is 0. The molecule has 0 spiro atoms. The van der Waals surface area contributed by atoms with Crippen molar-refractivity contribution >= 4 is 23.0 Å². The van der Waals surface area contributed by atoms with Crippen molar-refractivity contribution in [2.45, 2.75) is 19.4 Å². The number of ether oxygens (including phenoxy) is 1. The molecule has 2 N–H and O–H groups in total. The smallest absolute Gasteiger partial charge is 0.171 e. The summed E-state index contributed by atoms with van der Waals surface area (Å²) in [6.45, 7) is 2.80. The van der Waals surface area contributed by atoms with Crippen LogP contribution in [0, 0.1) is 6.92 Å². The summed E-state index contributed by atoms with van der Waals surface area (Å²) in [4.78, 5) is 0. The van der Waals surface area contributed by atoms with Crippen molar-refractivity contribution in [1.29, 1.82) is 0 Å².